The first-order valence-electron chi connectivity index (χ1n) is 12.9. The molecule has 2 heterocycles. The lowest BCUT2D eigenvalue weighted by molar-refractivity contribution is -0.152. The maximum absolute atomic E-state index is 14.4. The molecule has 0 saturated heterocycles. The highest BCUT2D eigenvalue weighted by atomic mass is 35.5. The van der Waals surface area contributed by atoms with Crippen LogP contribution in [0.3, 0.4) is 0 Å². The molecule has 2 N–H and O–H groups in total. The van der Waals surface area contributed by atoms with E-state index in [4.69, 9.17) is 23.2 Å². The summed E-state index contributed by atoms with van der Waals surface area (Å²) in [5.74, 6) is -2.87. The Bertz CT molecular complexity index is 1280. The van der Waals surface area contributed by atoms with Crippen LogP contribution in [0.5, 0.6) is 0 Å². The second kappa shape index (κ2) is 11.3. The second-order valence-corrected chi connectivity index (χ2v) is 11.8. The van der Waals surface area contributed by atoms with E-state index in [-0.39, 0.29) is 47.8 Å². The first-order chi connectivity index (χ1) is 18.7. The van der Waals surface area contributed by atoms with Crippen LogP contribution in [0.15, 0.2) is 18.6 Å². The van der Waals surface area contributed by atoms with Crippen LogP contribution < -0.4 is 0 Å². The van der Waals surface area contributed by atoms with E-state index in [1.807, 2.05) is 0 Å². The zero-order valence-electron chi connectivity index (χ0n) is 21.7. The quantitative estimate of drug-likeness (QED) is 0.384. The van der Waals surface area contributed by atoms with Crippen LogP contribution in [0.1, 0.15) is 90.7 Å². The highest BCUT2D eigenvalue weighted by Crippen LogP contribution is 2.43. The van der Waals surface area contributed by atoms with Gasteiger partial charge >= 0.3 is 12.1 Å². The Morgan fingerprint density at radius 1 is 1.07 bits per heavy atom. The van der Waals surface area contributed by atoms with Gasteiger partial charge in [-0.05, 0) is 45.4 Å². The number of ketones is 1. The summed E-state index contributed by atoms with van der Waals surface area (Å²) in [5, 5.41) is 24.3. The smallest absolute Gasteiger partial charge is 0.433 e. The predicted molar refractivity (Wildman–Crippen MR) is 138 cm³/mol. The number of carbonyl (C=O) groups excluding carboxylic acids is 2. The molecule has 0 bridgehead atoms. The lowest BCUT2D eigenvalue weighted by Crippen LogP contribution is -2.46. The Labute approximate surface area is 238 Å². The molecule has 0 aliphatic heterocycles. The van der Waals surface area contributed by atoms with Gasteiger partial charge in [-0.15, -0.1) is 0 Å². The van der Waals surface area contributed by atoms with Gasteiger partial charge in [0, 0.05) is 12.4 Å². The van der Waals surface area contributed by atoms with Gasteiger partial charge in [-0.1, -0.05) is 36.0 Å². The Morgan fingerprint density at radius 2 is 1.65 bits per heavy atom. The number of carboxylic acids is 1. The molecular formula is C26H29Cl2F3N4O5. The van der Waals surface area contributed by atoms with Gasteiger partial charge in [0.1, 0.15) is 0 Å². The number of hydrogen-bond acceptors (Lipinski definition) is 6. The van der Waals surface area contributed by atoms with Crippen molar-refractivity contribution in [2.75, 3.05) is 13.1 Å². The van der Waals surface area contributed by atoms with Gasteiger partial charge in [-0.2, -0.15) is 18.3 Å². The van der Waals surface area contributed by atoms with E-state index in [1.165, 1.54) is 12.4 Å². The highest BCUT2D eigenvalue weighted by molar-refractivity contribution is 6.39. The van der Waals surface area contributed by atoms with Crippen LogP contribution >= 0.6 is 23.2 Å². The normalized spacial score (nSPS) is 22.7. The van der Waals surface area contributed by atoms with E-state index >= 15 is 0 Å². The maximum atomic E-state index is 14.4. The molecule has 0 atom stereocenters. The summed E-state index contributed by atoms with van der Waals surface area (Å²) < 4.78 is 44.0. The number of hydrogen-bond donors (Lipinski definition) is 2. The Hall–Kier alpha value is -2.70. The lowest BCUT2D eigenvalue weighted by Gasteiger charge is -2.35. The number of rotatable bonds is 8. The van der Waals surface area contributed by atoms with Crippen LogP contribution in [-0.2, 0) is 11.0 Å². The zero-order chi connectivity index (χ0) is 29.5. The third-order valence-electron chi connectivity index (χ3n) is 7.99. The van der Waals surface area contributed by atoms with Gasteiger partial charge in [0.25, 0.3) is 5.91 Å². The molecule has 2 saturated carbocycles. The minimum atomic E-state index is -4.98. The second-order valence-electron chi connectivity index (χ2n) is 10.9. The molecule has 2 fully saturated rings. The topological polar surface area (TPSA) is 126 Å². The summed E-state index contributed by atoms with van der Waals surface area (Å²) in [6, 6.07) is -0.769. The van der Waals surface area contributed by atoms with Crippen molar-refractivity contribution in [1.82, 2.24) is 19.7 Å². The molecule has 0 spiro atoms. The number of halogens is 5. The predicted octanol–water partition coefficient (Wildman–Crippen LogP) is 5.44. The standard InChI is InChI=1S/C26H29Cl2F3N4O5/c1-24(23(38)39)8-4-15(5-9-24)35-21(26(29,30)31)16(10-33-35)22(37)34(14-25(40)6-2-3-7-25)13-19(36)20-17(27)11-32-12-18(20)28/h10-12,15,40H,2-9,13-14H2,1H3,(H,38,39)/t15-,24-. The average Bonchev–Trinajstić information content (AvgIpc) is 3.50. The van der Waals surface area contributed by atoms with Gasteiger partial charge in [-0.3, -0.25) is 24.0 Å². The minimum Gasteiger partial charge on any atom is -0.481 e. The summed E-state index contributed by atoms with van der Waals surface area (Å²) >= 11 is 12.2. The van der Waals surface area contributed by atoms with E-state index in [0.717, 1.165) is 15.8 Å². The fourth-order valence-corrected chi connectivity index (χ4v) is 6.20. The zero-order valence-corrected chi connectivity index (χ0v) is 23.2. The minimum absolute atomic E-state index is 0.0843. The van der Waals surface area contributed by atoms with Crippen molar-refractivity contribution in [3.8, 4) is 0 Å². The Kier molecular flexibility index (Phi) is 8.54. The molecule has 2 aliphatic rings. The number of aliphatic carboxylic acids is 1. The highest BCUT2D eigenvalue weighted by Gasteiger charge is 2.46. The average molecular weight is 605 g/mol. The van der Waals surface area contributed by atoms with Crippen LogP contribution in [-0.4, -0.2) is 66.2 Å². The van der Waals surface area contributed by atoms with Crippen LogP contribution in [0, 0.1) is 5.41 Å². The Balaban J connectivity index is 1.69. The number of pyridine rings is 1. The van der Waals surface area contributed by atoms with Crippen LogP contribution in [0.4, 0.5) is 13.2 Å². The largest absolute Gasteiger partial charge is 0.481 e. The van der Waals surface area contributed by atoms with E-state index in [9.17, 15) is 37.8 Å². The fraction of sp³-hybridized carbons (Fsp3) is 0.577. The number of Topliss-reactive ketones (excluding diaryl/α,β-unsaturated/α-hetero) is 1. The number of amides is 1. The summed E-state index contributed by atoms with van der Waals surface area (Å²) in [6.45, 7) is 0.493. The van der Waals surface area contributed by atoms with Crippen molar-refractivity contribution in [3.05, 3.63) is 45.5 Å². The summed E-state index contributed by atoms with van der Waals surface area (Å²) in [6.07, 6.45) is 0.716. The van der Waals surface area contributed by atoms with Crippen molar-refractivity contribution < 1.29 is 37.8 Å². The molecule has 9 nitrogen and oxygen atoms in total. The van der Waals surface area contributed by atoms with Gasteiger partial charge in [0.15, 0.2) is 11.5 Å². The van der Waals surface area contributed by atoms with Crippen LogP contribution in [0.25, 0.3) is 0 Å². The molecule has 218 valence electrons. The number of aromatic nitrogens is 3. The van der Waals surface area contributed by atoms with Crippen molar-refractivity contribution in [1.29, 1.82) is 0 Å². The fourth-order valence-electron chi connectivity index (χ4n) is 5.62. The van der Waals surface area contributed by atoms with Crippen molar-refractivity contribution in [3.63, 3.8) is 0 Å². The number of alkyl halides is 3. The number of nitrogens with zero attached hydrogens (tertiary/aromatic N) is 4. The molecule has 1 amide bonds. The number of aliphatic hydroxyl groups is 1. The monoisotopic (exact) mass is 604 g/mol. The summed E-state index contributed by atoms with van der Waals surface area (Å²) in [7, 11) is 0. The third kappa shape index (κ3) is 6.13. The number of carboxylic acid groups (broad SMARTS) is 1. The summed E-state index contributed by atoms with van der Waals surface area (Å²) in [4.78, 5) is 43.2. The van der Waals surface area contributed by atoms with Crippen molar-refractivity contribution in [2.45, 2.75) is 76.1 Å². The first kappa shape index (κ1) is 30.3. The summed E-state index contributed by atoms with van der Waals surface area (Å²) in [5.41, 5.74) is -4.60. The molecular weight excluding hydrogens is 576 g/mol. The molecule has 0 radical (unpaired) electrons. The first-order valence-corrected chi connectivity index (χ1v) is 13.6. The maximum Gasteiger partial charge on any atom is 0.433 e. The van der Waals surface area contributed by atoms with E-state index < -0.39 is 58.7 Å². The molecule has 2 aliphatic carbocycles. The van der Waals surface area contributed by atoms with Gasteiger partial charge in [0.2, 0.25) is 0 Å². The van der Waals surface area contributed by atoms with E-state index in [0.29, 0.717) is 25.7 Å². The SMILES string of the molecule is C[C@]1(C(=O)O)CC[C@H](n2ncc(C(=O)N(CC(=O)c3c(Cl)cncc3Cl)CC3(O)CCCC3)c2C(F)(F)F)CC1. The van der Waals surface area contributed by atoms with E-state index in [2.05, 4.69) is 10.1 Å². The van der Waals surface area contributed by atoms with E-state index in [1.54, 1.807) is 6.92 Å². The molecule has 14 heteroatoms. The third-order valence-corrected chi connectivity index (χ3v) is 8.56. The molecule has 2 aromatic rings. The molecule has 40 heavy (non-hydrogen) atoms. The molecule has 2 aromatic heterocycles. The Morgan fingerprint density at radius 3 is 2.17 bits per heavy atom. The lowest BCUT2D eigenvalue weighted by atomic mass is 9.74. The van der Waals surface area contributed by atoms with Crippen molar-refractivity contribution >= 4 is 40.9 Å². The van der Waals surface area contributed by atoms with Gasteiger partial charge in [0.05, 0.1) is 57.5 Å². The molecule has 4 rings (SSSR count). The number of carbonyl (C=O) groups is 3. The molecule has 0 aromatic carbocycles. The molecule has 0 unspecified atom stereocenters. The van der Waals surface area contributed by atoms with Gasteiger partial charge in [-0.25, -0.2) is 0 Å². The van der Waals surface area contributed by atoms with Gasteiger partial charge < -0.3 is 15.1 Å². The van der Waals surface area contributed by atoms with Crippen LogP contribution in [0.2, 0.25) is 10.0 Å². The van der Waals surface area contributed by atoms with Crippen molar-refractivity contribution in [2.24, 2.45) is 5.41 Å².